The molecular formula is C32H38BrN3O5S. The number of ether oxygens (including phenoxy) is 1. The predicted octanol–water partition coefficient (Wildman–Crippen LogP) is 5.31. The number of amides is 2. The van der Waals surface area contributed by atoms with Crippen LogP contribution in [0.15, 0.2) is 83.3 Å². The Hall–Kier alpha value is -3.37. The number of carbonyl (C=O) groups is 2. The largest absolute Gasteiger partial charge is 0.497 e. The lowest BCUT2D eigenvalue weighted by Crippen LogP contribution is -2.55. The van der Waals surface area contributed by atoms with Gasteiger partial charge in [0.05, 0.1) is 19.1 Å². The van der Waals surface area contributed by atoms with Crippen LogP contribution in [0.5, 0.6) is 5.75 Å². The van der Waals surface area contributed by atoms with Gasteiger partial charge in [0.1, 0.15) is 18.3 Å². The molecule has 0 heterocycles. The summed E-state index contributed by atoms with van der Waals surface area (Å²) in [6, 6.07) is 22.8. The number of carbonyl (C=O) groups excluding carboxylic acids is 2. The maximum atomic E-state index is 14.2. The first-order valence-electron chi connectivity index (χ1n) is 14.1. The highest BCUT2D eigenvalue weighted by Crippen LogP contribution is 2.24. The minimum absolute atomic E-state index is 0.0548. The zero-order valence-corrected chi connectivity index (χ0v) is 26.4. The molecule has 1 aliphatic rings. The molecule has 224 valence electrons. The molecule has 3 aromatic rings. The average Bonchev–Trinajstić information content (AvgIpc) is 2.98. The second kappa shape index (κ2) is 14.7. The van der Waals surface area contributed by atoms with E-state index in [9.17, 15) is 18.0 Å². The van der Waals surface area contributed by atoms with Gasteiger partial charge in [-0.25, -0.2) is 8.42 Å². The lowest BCUT2D eigenvalue weighted by molar-refractivity contribution is -0.140. The van der Waals surface area contributed by atoms with Crippen molar-refractivity contribution in [3.05, 3.63) is 94.5 Å². The number of nitrogens with zero attached hydrogens (tertiary/aromatic N) is 2. The summed E-state index contributed by atoms with van der Waals surface area (Å²) < 4.78 is 33.0. The predicted molar refractivity (Wildman–Crippen MR) is 169 cm³/mol. The number of anilines is 1. The van der Waals surface area contributed by atoms with Crippen LogP contribution in [0.1, 0.15) is 43.2 Å². The van der Waals surface area contributed by atoms with E-state index < -0.39 is 28.5 Å². The maximum Gasteiger partial charge on any atom is 0.244 e. The minimum Gasteiger partial charge on any atom is -0.497 e. The first-order chi connectivity index (χ1) is 20.1. The van der Waals surface area contributed by atoms with Crippen molar-refractivity contribution in [3.8, 4) is 5.75 Å². The van der Waals surface area contributed by atoms with Crippen molar-refractivity contribution in [2.75, 3.05) is 24.2 Å². The van der Waals surface area contributed by atoms with Crippen molar-refractivity contribution in [3.63, 3.8) is 0 Å². The van der Waals surface area contributed by atoms with E-state index in [4.69, 9.17) is 4.74 Å². The minimum atomic E-state index is -3.84. The summed E-state index contributed by atoms with van der Waals surface area (Å²) in [5.74, 6) is -0.141. The fraction of sp³-hybridized carbons (Fsp3) is 0.375. The highest BCUT2D eigenvalue weighted by molar-refractivity contribution is 9.10. The summed E-state index contributed by atoms with van der Waals surface area (Å²) >= 11 is 3.50. The van der Waals surface area contributed by atoms with Gasteiger partial charge in [-0.2, -0.15) is 0 Å². The molecule has 0 saturated heterocycles. The van der Waals surface area contributed by atoms with Crippen molar-refractivity contribution >= 4 is 43.5 Å². The number of benzene rings is 3. The van der Waals surface area contributed by atoms with Gasteiger partial charge in [-0.15, -0.1) is 0 Å². The van der Waals surface area contributed by atoms with Gasteiger partial charge in [0.2, 0.25) is 21.8 Å². The van der Waals surface area contributed by atoms with Crippen LogP contribution in [0.4, 0.5) is 5.69 Å². The Labute approximate surface area is 257 Å². The summed E-state index contributed by atoms with van der Waals surface area (Å²) in [6.45, 7) is -0.324. The van der Waals surface area contributed by atoms with Gasteiger partial charge in [0.25, 0.3) is 0 Å². The lowest BCUT2D eigenvalue weighted by Gasteiger charge is -2.35. The van der Waals surface area contributed by atoms with Gasteiger partial charge in [-0.05, 0) is 60.4 Å². The number of hydrogen-bond donors (Lipinski definition) is 1. The van der Waals surface area contributed by atoms with Crippen molar-refractivity contribution in [2.45, 2.75) is 57.2 Å². The summed E-state index contributed by atoms with van der Waals surface area (Å²) in [6.07, 6.45) is 6.44. The second-order valence-electron chi connectivity index (χ2n) is 10.7. The number of sulfonamides is 1. The van der Waals surface area contributed by atoms with Crippen molar-refractivity contribution < 1.29 is 22.7 Å². The zero-order valence-electron chi connectivity index (χ0n) is 24.0. The maximum absolute atomic E-state index is 14.2. The van der Waals surface area contributed by atoms with E-state index in [2.05, 4.69) is 21.2 Å². The molecule has 0 aliphatic heterocycles. The van der Waals surface area contributed by atoms with E-state index in [-0.39, 0.29) is 18.5 Å². The normalized spacial score (nSPS) is 14.5. The Morgan fingerprint density at radius 2 is 1.62 bits per heavy atom. The third-order valence-corrected chi connectivity index (χ3v) is 9.14. The van der Waals surface area contributed by atoms with Crippen LogP contribution in [0, 0.1) is 0 Å². The molecule has 10 heteroatoms. The summed E-state index contributed by atoms with van der Waals surface area (Å²) in [5, 5.41) is 3.21. The standard InChI is InChI=1S/C32H38BrN3O5S/c1-41-29-18-16-28(17-19-29)36(42(2,39)40)23-31(37)35(22-25-12-9-13-26(33)20-25)30(21-24-10-5-3-6-11-24)32(38)34-27-14-7-4-8-15-27/h3,5-6,9-13,16-20,27,30H,4,7-8,14-15,21-23H2,1-2H3,(H,34,38)/t30-/m1/s1. The van der Waals surface area contributed by atoms with Crippen LogP contribution in [0.3, 0.4) is 0 Å². The molecule has 3 aromatic carbocycles. The first-order valence-corrected chi connectivity index (χ1v) is 16.8. The van der Waals surface area contributed by atoms with Crippen LogP contribution in [0.25, 0.3) is 0 Å². The highest BCUT2D eigenvalue weighted by Gasteiger charge is 2.34. The quantitative estimate of drug-likeness (QED) is 0.285. The van der Waals surface area contributed by atoms with E-state index in [1.807, 2.05) is 54.6 Å². The molecule has 2 amide bonds. The van der Waals surface area contributed by atoms with Gasteiger partial charge < -0.3 is 15.0 Å². The number of nitrogens with one attached hydrogen (secondary N) is 1. The van der Waals surface area contributed by atoms with Crippen LogP contribution in [0.2, 0.25) is 0 Å². The van der Waals surface area contributed by atoms with E-state index in [1.165, 1.54) is 12.0 Å². The Kier molecular flexibility index (Phi) is 11.0. The fourth-order valence-electron chi connectivity index (χ4n) is 5.29. The number of methoxy groups -OCH3 is 1. The number of halogens is 1. The molecule has 4 rings (SSSR count). The van der Waals surface area contributed by atoms with Crippen LogP contribution in [-0.2, 0) is 32.6 Å². The third-order valence-electron chi connectivity index (χ3n) is 7.50. The molecule has 1 atom stereocenters. The zero-order chi connectivity index (χ0) is 30.1. The lowest BCUT2D eigenvalue weighted by atomic mass is 9.94. The van der Waals surface area contributed by atoms with Crippen LogP contribution < -0.4 is 14.4 Å². The molecule has 0 aromatic heterocycles. The van der Waals surface area contributed by atoms with Crippen LogP contribution in [-0.4, -0.2) is 57.1 Å². The molecule has 1 saturated carbocycles. The molecule has 0 bridgehead atoms. The molecular weight excluding hydrogens is 618 g/mol. The average molecular weight is 657 g/mol. The third kappa shape index (κ3) is 8.82. The van der Waals surface area contributed by atoms with Gasteiger partial charge in [-0.1, -0.05) is 77.7 Å². The SMILES string of the molecule is COc1ccc(N(CC(=O)N(Cc2cccc(Br)c2)[C@H](Cc2ccccc2)C(=O)NC2CCCCC2)S(C)(=O)=O)cc1. The van der Waals surface area contributed by atoms with Gasteiger partial charge in [0, 0.05) is 23.5 Å². The molecule has 0 radical (unpaired) electrons. The number of rotatable bonds is 12. The molecule has 42 heavy (non-hydrogen) atoms. The molecule has 8 nitrogen and oxygen atoms in total. The smallest absolute Gasteiger partial charge is 0.244 e. The van der Waals surface area contributed by atoms with Crippen molar-refractivity contribution in [2.24, 2.45) is 0 Å². The highest BCUT2D eigenvalue weighted by atomic mass is 79.9. The second-order valence-corrected chi connectivity index (χ2v) is 13.5. The van der Waals surface area contributed by atoms with E-state index in [1.54, 1.807) is 24.3 Å². The van der Waals surface area contributed by atoms with E-state index in [0.717, 1.165) is 58.3 Å². The molecule has 1 N–H and O–H groups in total. The van der Waals surface area contributed by atoms with Crippen molar-refractivity contribution in [1.82, 2.24) is 10.2 Å². The van der Waals surface area contributed by atoms with Gasteiger partial charge in [-0.3, -0.25) is 13.9 Å². The van der Waals surface area contributed by atoms with E-state index >= 15 is 0 Å². The number of hydrogen-bond acceptors (Lipinski definition) is 5. The summed E-state index contributed by atoms with van der Waals surface area (Å²) in [7, 11) is -2.31. The van der Waals surface area contributed by atoms with Gasteiger partial charge >= 0.3 is 0 Å². The van der Waals surface area contributed by atoms with Crippen molar-refractivity contribution in [1.29, 1.82) is 0 Å². The molecule has 0 spiro atoms. The topological polar surface area (TPSA) is 96.0 Å². The summed E-state index contributed by atoms with van der Waals surface area (Å²) in [5.41, 5.74) is 2.06. The Morgan fingerprint density at radius 3 is 2.24 bits per heavy atom. The molecule has 1 fully saturated rings. The Balaban J connectivity index is 1.71. The Morgan fingerprint density at radius 1 is 0.952 bits per heavy atom. The Bertz CT molecular complexity index is 1440. The van der Waals surface area contributed by atoms with Gasteiger partial charge in [0.15, 0.2) is 0 Å². The van der Waals surface area contributed by atoms with Crippen LogP contribution >= 0.6 is 15.9 Å². The summed E-state index contributed by atoms with van der Waals surface area (Å²) in [4.78, 5) is 29.7. The fourth-order valence-corrected chi connectivity index (χ4v) is 6.59. The molecule has 0 unspecified atom stereocenters. The van der Waals surface area contributed by atoms with E-state index in [0.29, 0.717) is 17.9 Å². The monoisotopic (exact) mass is 655 g/mol. The first kappa shape index (κ1) is 31.6. The molecule has 1 aliphatic carbocycles.